The Morgan fingerprint density at radius 1 is 1.08 bits per heavy atom. The summed E-state index contributed by atoms with van der Waals surface area (Å²) in [5.41, 5.74) is 1.43. The molecule has 138 valence electrons. The van der Waals surface area contributed by atoms with Gasteiger partial charge in [-0.25, -0.2) is 4.79 Å². The van der Waals surface area contributed by atoms with Gasteiger partial charge < -0.3 is 10.1 Å². The molecule has 0 saturated carbocycles. The predicted octanol–water partition coefficient (Wildman–Crippen LogP) is 2.72. The van der Waals surface area contributed by atoms with Crippen LogP contribution in [0.2, 0.25) is 0 Å². The fraction of sp³-hybridized carbons (Fsp3) is 0.300. The van der Waals surface area contributed by atoms with Gasteiger partial charge in [0, 0.05) is 12.3 Å². The number of hydrogen-bond acceptors (Lipinski definition) is 4. The van der Waals surface area contributed by atoms with Gasteiger partial charge in [-0.15, -0.1) is 0 Å². The van der Waals surface area contributed by atoms with Crippen molar-refractivity contribution in [2.75, 3.05) is 12.9 Å². The van der Waals surface area contributed by atoms with E-state index < -0.39 is 16.8 Å². The summed E-state index contributed by atoms with van der Waals surface area (Å²) in [6, 6.07) is 16.5. The molecule has 0 unspecified atom stereocenters. The monoisotopic (exact) mass is 373 g/mol. The van der Waals surface area contributed by atoms with E-state index in [1.54, 1.807) is 24.3 Å². The van der Waals surface area contributed by atoms with Gasteiger partial charge in [0.15, 0.2) is 6.61 Å². The Kier molecular flexibility index (Phi) is 7.53. The fourth-order valence-electron chi connectivity index (χ4n) is 2.51. The summed E-state index contributed by atoms with van der Waals surface area (Å²) in [6.07, 6.45) is 3.15. The lowest BCUT2D eigenvalue weighted by molar-refractivity contribution is -0.124. The molecule has 2 aromatic carbocycles. The van der Waals surface area contributed by atoms with Crippen LogP contribution in [0.4, 0.5) is 0 Å². The molecule has 0 heterocycles. The van der Waals surface area contributed by atoms with Crippen LogP contribution in [0.1, 0.15) is 29.3 Å². The second kappa shape index (κ2) is 9.87. The summed E-state index contributed by atoms with van der Waals surface area (Å²) in [6.45, 7) is 1.55. The largest absolute Gasteiger partial charge is 0.452 e. The van der Waals surface area contributed by atoms with E-state index >= 15 is 0 Å². The highest BCUT2D eigenvalue weighted by Gasteiger charge is 2.16. The van der Waals surface area contributed by atoms with Crippen LogP contribution < -0.4 is 5.32 Å². The van der Waals surface area contributed by atoms with Crippen molar-refractivity contribution in [3.63, 3.8) is 0 Å². The molecular weight excluding hydrogens is 350 g/mol. The Labute approximate surface area is 156 Å². The average Bonchev–Trinajstić information content (AvgIpc) is 2.65. The Hall–Kier alpha value is -2.47. The maximum Gasteiger partial charge on any atom is 0.339 e. The number of nitrogens with one attached hydrogen (secondary N) is 1. The summed E-state index contributed by atoms with van der Waals surface area (Å²) in [4.78, 5) is 24.5. The van der Waals surface area contributed by atoms with Crippen molar-refractivity contribution in [1.29, 1.82) is 0 Å². The minimum atomic E-state index is -1.31. The van der Waals surface area contributed by atoms with Gasteiger partial charge >= 0.3 is 5.97 Å². The first kappa shape index (κ1) is 19.8. The average molecular weight is 373 g/mol. The van der Waals surface area contributed by atoms with Crippen molar-refractivity contribution in [1.82, 2.24) is 5.32 Å². The third-order valence-electron chi connectivity index (χ3n) is 3.87. The molecule has 0 fully saturated rings. The smallest absolute Gasteiger partial charge is 0.339 e. The van der Waals surface area contributed by atoms with Crippen LogP contribution in [0, 0.1) is 0 Å². The van der Waals surface area contributed by atoms with E-state index in [9.17, 15) is 13.8 Å². The highest BCUT2D eigenvalue weighted by molar-refractivity contribution is 7.84. The van der Waals surface area contributed by atoms with Crippen molar-refractivity contribution in [3.8, 4) is 0 Å². The van der Waals surface area contributed by atoms with Crippen molar-refractivity contribution < 1.29 is 18.5 Å². The van der Waals surface area contributed by atoms with Crippen LogP contribution in [-0.2, 0) is 26.8 Å². The third kappa shape index (κ3) is 6.11. The molecule has 0 bridgehead atoms. The number of aryl methyl sites for hydroxylation is 1. The van der Waals surface area contributed by atoms with Crippen molar-refractivity contribution in [2.24, 2.45) is 0 Å². The molecule has 6 heteroatoms. The van der Waals surface area contributed by atoms with E-state index in [0.29, 0.717) is 4.90 Å². The quantitative estimate of drug-likeness (QED) is 0.722. The highest BCUT2D eigenvalue weighted by atomic mass is 32.2. The molecule has 5 nitrogen and oxygen atoms in total. The molecule has 0 spiro atoms. The molecule has 26 heavy (non-hydrogen) atoms. The summed E-state index contributed by atoms with van der Waals surface area (Å²) in [5.74, 6) is -1.00. The van der Waals surface area contributed by atoms with Crippen LogP contribution in [-0.4, -0.2) is 35.0 Å². The number of carbonyl (C=O) groups is 2. The topological polar surface area (TPSA) is 72.5 Å². The van der Waals surface area contributed by atoms with Crippen LogP contribution >= 0.6 is 0 Å². The van der Waals surface area contributed by atoms with Crippen molar-refractivity contribution in [2.45, 2.75) is 30.7 Å². The molecule has 0 aliphatic heterocycles. The minimum absolute atomic E-state index is 0.0307. The minimum Gasteiger partial charge on any atom is -0.452 e. The van der Waals surface area contributed by atoms with Gasteiger partial charge in [-0.3, -0.25) is 9.00 Å². The number of carbonyl (C=O) groups excluding carboxylic acids is 2. The van der Waals surface area contributed by atoms with E-state index in [0.717, 1.165) is 12.8 Å². The summed E-state index contributed by atoms with van der Waals surface area (Å²) in [5, 5.41) is 2.82. The number of rotatable bonds is 8. The first-order valence-corrected chi connectivity index (χ1v) is 9.96. The maximum atomic E-state index is 12.1. The molecule has 2 rings (SSSR count). The SMILES string of the molecule is C[C@H](CCc1ccccc1)NC(=O)COC(=O)c1ccccc1[S@@](C)=O. The first-order valence-electron chi connectivity index (χ1n) is 8.40. The molecule has 2 atom stereocenters. The van der Waals surface area contributed by atoms with Crippen LogP contribution in [0.3, 0.4) is 0 Å². The number of hydrogen-bond donors (Lipinski definition) is 1. The zero-order valence-corrected chi connectivity index (χ0v) is 15.8. The van der Waals surface area contributed by atoms with Crippen LogP contribution in [0.15, 0.2) is 59.5 Å². The Morgan fingerprint density at radius 2 is 1.73 bits per heavy atom. The molecule has 0 saturated heterocycles. The highest BCUT2D eigenvalue weighted by Crippen LogP contribution is 2.13. The van der Waals surface area contributed by atoms with Gasteiger partial charge in [0.25, 0.3) is 5.91 Å². The van der Waals surface area contributed by atoms with Crippen LogP contribution in [0.25, 0.3) is 0 Å². The van der Waals surface area contributed by atoms with Gasteiger partial charge in [0.1, 0.15) is 0 Å². The zero-order chi connectivity index (χ0) is 18.9. The Bertz CT molecular complexity index is 776. The molecule has 0 aromatic heterocycles. The second-order valence-corrected chi connectivity index (χ2v) is 7.37. The summed E-state index contributed by atoms with van der Waals surface area (Å²) < 4.78 is 16.7. The van der Waals surface area contributed by atoms with Gasteiger partial charge in [-0.05, 0) is 37.5 Å². The molecular formula is C20H23NO4S. The maximum absolute atomic E-state index is 12.1. The van der Waals surface area contributed by atoms with E-state index in [2.05, 4.69) is 5.32 Å². The van der Waals surface area contributed by atoms with Gasteiger partial charge in [-0.1, -0.05) is 42.5 Å². The predicted molar refractivity (Wildman–Crippen MR) is 101 cm³/mol. The molecule has 1 N–H and O–H groups in total. The van der Waals surface area contributed by atoms with Crippen molar-refractivity contribution >= 4 is 22.7 Å². The lowest BCUT2D eigenvalue weighted by Crippen LogP contribution is -2.36. The number of esters is 1. The summed E-state index contributed by atoms with van der Waals surface area (Å²) in [7, 11) is -1.31. The fourth-order valence-corrected chi connectivity index (χ4v) is 3.24. The van der Waals surface area contributed by atoms with Crippen LogP contribution in [0.5, 0.6) is 0 Å². The lowest BCUT2D eigenvalue weighted by Gasteiger charge is -2.14. The molecule has 0 aliphatic rings. The molecule has 0 radical (unpaired) electrons. The van der Waals surface area contributed by atoms with Gasteiger partial charge in [-0.2, -0.15) is 0 Å². The molecule has 1 amide bonds. The summed E-state index contributed by atoms with van der Waals surface area (Å²) >= 11 is 0. The Morgan fingerprint density at radius 3 is 2.42 bits per heavy atom. The van der Waals surface area contributed by atoms with E-state index in [1.165, 1.54) is 11.8 Å². The van der Waals surface area contributed by atoms with Gasteiger partial charge in [0.05, 0.1) is 21.3 Å². The zero-order valence-electron chi connectivity index (χ0n) is 14.9. The standard InChI is InChI=1S/C20H23NO4S/c1-15(12-13-16-8-4-3-5-9-16)21-19(22)14-25-20(23)17-10-6-7-11-18(17)26(2)24/h3-11,15H,12-14H2,1-2H3,(H,21,22)/t15-,26-/m1/s1. The Balaban J connectivity index is 1.79. The normalized spacial score (nSPS) is 12.8. The van der Waals surface area contributed by atoms with E-state index in [1.807, 2.05) is 37.3 Å². The van der Waals surface area contributed by atoms with Gasteiger partial charge in [0.2, 0.25) is 0 Å². The number of amides is 1. The third-order valence-corrected chi connectivity index (χ3v) is 4.84. The second-order valence-electron chi connectivity index (χ2n) is 6.02. The number of ether oxygens (including phenoxy) is 1. The number of benzene rings is 2. The van der Waals surface area contributed by atoms with E-state index in [-0.39, 0.29) is 24.1 Å². The lowest BCUT2D eigenvalue weighted by atomic mass is 10.1. The molecule has 2 aromatic rings. The van der Waals surface area contributed by atoms with Crippen molar-refractivity contribution in [3.05, 3.63) is 65.7 Å². The first-order chi connectivity index (χ1) is 12.5. The van der Waals surface area contributed by atoms with E-state index in [4.69, 9.17) is 4.74 Å². The molecule has 0 aliphatic carbocycles.